The number of carbonyl (C=O) groups is 1. The maximum absolute atomic E-state index is 11.9. The van der Waals surface area contributed by atoms with Crippen LogP contribution >= 0.6 is 0 Å². The van der Waals surface area contributed by atoms with Crippen molar-refractivity contribution in [1.82, 2.24) is 0 Å². The fourth-order valence-corrected chi connectivity index (χ4v) is 1.47. The second-order valence-electron chi connectivity index (χ2n) is 3.88. The van der Waals surface area contributed by atoms with Crippen molar-refractivity contribution in [3.63, 3.8) is 0 Å². The van der Waals surface area contributed by atoms with Crippen LogP contribution in [0, 0.1) is 5.41 Å². The van der Waals surface area contributed by atoms with Gasteiger partial charge in [-0.1, -0.05) is 18.2 Å². The van der Waals surface area contributed by atoms with Crippen molar-refractivity contribution in [3.05, 3.63) is 24.8 Å². The SMILES string of the molecule is C=CCC1(C(=O)OC(C)C)C=CCN=C1. The van der Waals surface area contributed by atoms with Crippen molar-refractivity contribution in [2.45, 2.75) is 26.4 Å². The third kappa shape index (κ3) is 2.78. The first-order chi connectivity index (χ1) is 7.10. The fraction of sp³-hybridized carbons (Fsp3) is 0.500. The van der Waals surface area contributed by atoms with E-state index in [1.54, 1.807) is 12.3 Å². The molecular weight excluding hydrogens is 190 g/mol. The lowest BCUT2D eigenvalue weighted by Crippen LogP contribution is -2.35. The maximum atomic E-state index is 11.9. The molecule has 1 heterocycles. The zero-order chi connectivity index (χ0) is 11.3. The molecule has 0 saturated heterocycles. The number of carbonyl (C=O) groups excluding carboxylic acids is 1. The summed E-state index contributed by atoms with van der Waals surface area (Å²) < 4.78 is 5.22. The minimum Gasteiger partial charge on any atom is -0.462 e. The molecule has 0 bridgehead atoms. The zero-order valence-electron chi connectivity index (χ0n) is 9.27. The Labute approximate surface area is 90.5 Å². The summed E-state index contributed by atoms with van der Waals surface area (Å²) in [6.45, 7) is 7.96. The van der Waals surface area contributed by atoms with Crippen molar-refractivity contribution >= 4 is 12.2 Å². The molecule has 3 nitrogen and oxygen atoms in total. The van der Waals surface area contributed by atoms with Gasteiger partial charge >= 0.3 is 5.97 Å². The summed E-state index contributed by atoms with van der Waals surface area (Å²) >= 11 is 0. The van der Waals surface area contributed by atoms with Crippen LogP contribution in [0.3, 0.4) is 0 Å². The van der Waals surface area contributed by atoms with Crippen LogP contribution in [0.15, 0.2) is 29.8 Å². The quantitative estimate of drug-likeness (QED) is 0.523. The van der Waals surface area contributed by atoms with E-state index < -0.39 is 5.41 Å². The third-order valence-electron chi connectivity index (χ3n) is 2.15. The van der Waals surface area contributed by atoms with Crippen LogP contribution in [-0.4, -0.2) is 24.8 Å². The normalized spacial score (nSPS) is 24.2. The lowest BCUT2D eigenvalue weighted by molar-refractivity contribution is -0.153. The second kappa shape index (κ2) is 4.91. The number of allylic oxidation sites excluding steroid dienone is 1. The Balaban J connectivity index is 2.85. The van der Waals surface area contributed by atoms with Crippen molar-refractivity contribution in [2.24, 2.45) is 10.4 Å². The van der Waals surface area contributed by atoms with E-state index in [1.165, 1.54) is 0 Å². The highest BCUT2D eigenvalue weighted by atomic mass is 16.5. The van der Waals surface area contributed by atoms with Crippen LogP contribution in [0.4, 0.5) is 0 Å². The summed E-state index contributed by atoms with van der Waals surface area (Å²) in [6, 6.07) is 0. The van der Waals surface area contributed by atoms with E-state index in [0.29, 0.717) is 13.0 Å². The van der Waals surface area contributed by atoms with Gasteiger partial charge in [-0.25, -0.2) is 0 Å². The lowest BCUT2D eigenvalue weighted by Gasteiger charge is -2.25. The molecule has 0 aromatic heterocycles. The number of rotatable bonds is 4. The summed E-state index contributed by atoms with van der Waals surface area (Å²) in [6.07, 6.45) is 7.53. The van der Waals surface area contributed by atoms with E-state index in [9.17, 15) is 4.79 Å². The van der Waals surface area contributed by atoms with E-state index in [2.05, 4.69) is 11.6 Å². The molecule has 1 aliphatic rings. The molecule has 0 saturated carbocycles. The van der Waals surface area contributed by atoms with Gasteiger partial charge in [-0.3, -0.25) is 9.79 Å². The van der Waals surface area contributed by atoms with Crippen LogP contribution in [-0.2, 0) is 9.53 Å². The van der Waals surface area contributed by atoms with Crippen molar-refractivity contribution in [1.29, 1.82) is 0 Å². The maximum Gasteiger partial charge on any atom is 0.321 e. The largest absolute Gasteiger partial charge is 0.462 e. The molecule has 1 aliphatic heterocycles. The minimum atomic E-state index is -0.732. The molecule has 0 radical (unpaired) electrons. The summed E-state index contributed by atoms with van der Waals surface area (Å²) in [5, 5.41) is 0. The molecule has 0 fully saturated rings. The summed E-state index contributed by atoms with van der Waals surface area (Å²) in [5.74, 6) is -0.253. The van der Waals surface area contributed by atoms with Gasteiger partial charge in [0.15, 0.2) is 0 Å². The molecule has 82 valence electrons. The Kier molecular flexibility index (Phi) is 3.83. The Hall–Kier alpha value is -1.38. The molecule has 0 aliphatic carbocycles. The van der Waals surface area contributed by atoms with Gasteiger partial charge in [0, 0.05) is 6.21 Å². The number of nitrogens with zero attached hydrogens (tertiary/aromatic N) is 1. The summed E-state index contributed by atoms with van der Waals surface area (Å²) in [5.41, 5.74) is -0.732. The van der Waals surface area contributed by atoms with Crippen molar-refractivity contribution in [3.8, 4) is 0 Å². The average molecular weight is 207 g/mol. The molecule has 0 spiro atoms. The second-order valence-corrected chi connectivity index (χ2v) is 3.88. The number of ether oxygens (including phenoxy) is 1. The number of aliphatic imine (C=N–C) groups is 1. The standard InChI is InChI=1S/C12H17NO2/c1-4-6-12(7-5-8-13-9-12)11(14)15-10(2)3/h4-5,7,9-10H,1,6,8H2,2-3H3. The molecule has 1 unspecified atom stereocenters. The summed E-state index contributed by atoms with van der Waals surface area (Å²) in [7, 11) is 0. The third-order valence-corrected chi connectivity index (χ3v) is 2.15. The van der Waals surface area contributed by atoms with E-state index in [0.717, 1.165) is 0 Å². The van der Waals surface area contributed by atoms with Gasteiger partial charge in [-0.15, -0.1) is 6.58 Å². The Morgan fingerprint density at radius 3 is 2.93 bits per heavy atom. The van der Waals surface area contributed by atoms with Gasteiger partial charge in [0.25, 0.3) is 0 Å². The molecule has 3 heteroatoms. The van der Waals surface area contributed by atoms with Crippen LogP contribution in [0.2, 0.25) is 0 Å². The molecule has 15 heavy (non-hydrogen) atoms. The van der Waals surface area contributed by atoms with E-state index in [4.69, 9.17) is 4.74 Å². The van der Waals surface area contributed by atoms with Crippen LogP contribution < -0.4 is 0 Å². The van der Waals surface area contributed by atoms with Crippen molar-refractivity contribution in [2.75, 3.05) is 6.54 Å². The molecule has 0 amide bonds. The van der Waals surface area contributed by atoms with E-state index in [1.807, 2.05) is 26.0 Å². The van der Waals surface area contributed by atoms with Gasteiger partial charge in [-0.2, -0.15) is 0 Å². The first-order valence-electron chi connectivity index (χ1n) is 5.11. The molecular formula is C12H17NO2. The first-order valence-corrected chi connectivity index (χ1v) is 5.11. The number of hydrogen-bond donors (Lipinski definition) is 0. The molecule has 0 aromatic rings. The number of dihydropyridines is 1. The highest BCUT2D eigenvalue weighted by molar-refractivity contribution is 5.98. The predicted molar refractivity (Wildman–Crippen MR) is 61.0 cm³/mol. The van der Waals surface area contributed by atoms with E-state index in [-0.39, 0.29) is 12.1 Å². The number of hydrogen-bond acceptors (Lipinski definition) is 3. The number of esters is 1. The van der Waals surface area contributed by atoms with Gasteiger partial charge in [0.2, 0.25) is 0 Å². The Morgan fingerprint density at radius 2 is 2.47 bits per heavy atom. The molecule has 1 rings (SSSR count). The Bertz CT molecular complexity index is 291. The zero-order valence-corrected chi connectivity index (χ0v) is 9.27. The fourth-order valence-electron chi connectivity index (χ4n) is 1.47. The van der Waals surface area contributed by atoms with Gasteiger partial charge in [0.05, 0.1) is 12.6 Å². The average Bonchev–Trinajstić information content (AvgIpc) is 2.18. The highest BCUT2D eigenvalue weighted by Gasteiger charge is 2.36. The first kappa shape index (κ1) is 11.7. The molecule has 0 aromatic carbocycles. The Morgan fingerprint density at radius 1 is 1.73 bits per heavy atom. The highest BCUT2D eigenvalue weighted by Crippen LogP contribution is 2.27. The van der Waals surface area contributed by atoms with Gasteiger partial charge < -0.3 is 4.74 Å². The van der Waals surface area contributed by atoms with Gasteiger partial charge in [0.1, 0.15) is 5.41 Å². The lowest BCUT2D eigenvalue weighted by atomic mass is 9.84. The van der Waals surface area contributed by atoms with Gasteiger partial charge in [-0.05, 0) is 20.3 Å². The van der Waals surface area contributed by atoms with Crippen LogP contribution in [0.25, 0.3) is 0 Å². The smallest absolute Gasteiger partial charge is 0.321 e. The minimum absolute atomic E-state index is 0.108. The topological polar surface area (TPSA) is 38.7 Å². The van der Waals surface area contributed by atoms with Crippen LogP contribution in [0.1, 0.15) is 20.3 Å². The van der Waals surface area contributed by atoms with Crippen LogP contribution in [0.5, 0.6) is 0 Å². The molecule has 0 N–H and O–H groups in total. The monoisotopic (exact) mass is 207 g/mol. The van der Waals surface area contributed by atoms with E-state index >= 15 is 0 Å². The predicted octanol–water partition coefficient (Wildman–Crippen LogP) is 2.14. The summed E-state index contributed by atoms with van der Waals surface area (Å²) in [4.78, 5) is 16.0. The van der Waals surface area contributed by atoms with Crippen molar-refractivity contribution < 1.29 is 9.53 Å². The molecule has 1 atom stereocenters.